The highest BCUT2D eigenvalue weighted by Gasteiger charge is 2.17. The highest BCUT2D eigenvalue weighted by Crippen LogP contribution is 2.16. The number of nitrogens with one attached hydrogen (secondary N) is 1. The molecule has 2 rings (SSSR count). The summed E-state index contributed by atoms with van der Waals surface area (Å²) in [6.07, 6.45) is 2.41. The first-order valence-electron chi connectivity index (χ1n) is 5.87. The first kappa shape index (κ1) is 14.5. The van der Waals surface area contributed by atoms with Gasteiger partial charge >= 0.3 is 5.91 Å². The Morgan fingerprint density at radius 1 is 1.57 bits per heavy atom. The van der Waals surface area contributed by atoms with E-state index in [1.54, 1.807) is 0 Å². The van der Waals surface area contributed by atoms with Crippen molar-refractivity contribution in [3.05, 3.63) is 61.9 Å². The van der Waals surface area contributed by atoms with Crippen molar-refractivity contribution in [2.24, 2.45) is 5.84 Å². The van der Waals surface area contributed by atoms with Crippen molar-refractivity contribution in [3.8, 4) is 0 Å². The number of hydrogen-bond acceptors (Lipinski definition) is 6. The third-order valence-corrected chi connectivity index (χ3v) is 2.93. The molecule has 2 heterocycles. The molecule has 3 N–H and O–H groups in total. The van der Waals surface area contributed by atoms with Gasteiger partial charge in [-0.1, -0.05) is 0 Å². The quantitative estimate of drug-likeness (QED) is 0.360. The van der Waals surface area contributed by atoms with E-state index in [4.69, 9.17) is 10.3 Å². The van der Waals surface area contributed by atoms with Gasteiger partial charge in [0.25, 0.3) is 11.2 Å². The summed E-state index contributed by atoms with van der Waals surface area (Å²) in [4.78, 5) is 33.7. The monoisotopic (exact) mass is 292 g/mol. The minimum Gasteiger partial charge on any atom is -0.459 e. The molecule has 2 aromatic heterocycles. The molecule has 1 amide bonds. The molecule has 0 radical (unpaired) electrons. The number of carbonyl (C=O) groups is 1. The SMILES string of the molecule is Cc1cc(=O)n(Cc2ccoc2C(=O)NN)cc1[N+](=O)[O-]. The number of nitrogens with zero attached hydrogens (tertiary/aromatic N) is 2. The number of furan rings is 1. The lowest BCUT2D eigenvalue weighted by Gasteiger charge is -2.06. The van der Waals surface area contributed by atoms with Crippen molar-refractivity contribution < 1.29 is 14.1 Å². The van der Waals surface area contributed by atoms with E-state index in [2.05, 4.69) is 0 Å². The Morgan fingerprint density at radius 3 is 2.90 bits per heavy atom. The highest BCUT2D eigenvalue weighted by atomic mass is 16.6. The predicted molar refractivity (Wildman–Crippen MR) is 71.6 cm³/mol. The molecule has 9 nitrogen and oxygen atoms in total. The van der Waals surface area contributed by atoms with E-state index in [9.17, 15) is 19.7 Å². The average molecular weight is 292 g/mol. The van der Waals surface area contributed by atoms with Gasteiger partial charge in [-0.05, 0) is 13.0 Å². The molecule has 0 aromatic carbocycles. The standard InChI is InChI=1S/C12H12N4O5/c1-7-4-10(17)15(6-9(7)16(19)20)5-8-2-3-21-11(8)12(18)14-13/h2-4,6H,5,13H2,1H3,(H,14,18). The van der Waals surface area contributed by atoms with Crippen molar-refractivity contribution in [3.63, 3.8) is 0 Å². The van der Waals surface area contributed by atoms with Gasteiger partial charge in [0, 0.05) is 17.2 Å². The number of rotatable bonds is 4. The molecular formula is C12H12N4O5. The second-order valence-corrected chi connectivity index (χ2v) is 4.31. The molecular weight excluding hydrogens is 280 g/mol. The number of nitrogens with two attached hydrogens (primary N) is 1. The van der Waals surface area contributed by atoms with E-state index in [-0.39, 0.29) is 23.6 Å². The Balaban J connectivity index is 2.43. The number of carbonyl (C=O) groups excluding carboxylic acids is 1. The summed E-state index contributed by atoms with van der Waals surface area (Å²) in [7, 11) is 0. The van der Waals surface area contributed by atoms with Gasteiger partial charge in [0.05, 0.1) is 23.9 Å². The van der Waals surface area contributed by atoms with E-state index < -0.39 is 16.4 Å². The number of pyridine rings is 1. The zero-order valence-electron chi connectivity index (χ0n) is 11.0. The molecule has 0 fully saturated rings. The molecule has 0 bridgehead atoms. The van der Waals surface area contributed by atoms with Gasteiger partial charge in [0.2, 0.25) is 0 Å². The normalized spacial score (nSPS) is 10.4. The lowest BCUT2D eigenvalue weighted by molar-refractivity contribution is -0.385. The first-order chi connectivity index (χ1) is 9.93. The van der Waals surface area contributed by atoms with Crippen LogP contribution in [0.4, 0.5) is 5.69 Å². The molecule has 0 unspecified atom stereocenters. The van der Waals surface area contributed by atoms with Crippen LogP contribution in [0.1, 0.15) is 21.7 Å². The smallest absolute Gasteiger partial charge is 0.301 e. The van der Waals surface area contributed by atoms with E-state index in [1.165, 1.54) is 25.3 Å². The van der Waals surface area contributed by atoms with Gasteiger partial charge in [0.1, 0.15) is 0 Å². The van der Waals surface area contributed by atoms with Crippen molar-refractivity contribution >= 4 is 11.6 Å². The van der Waals surface area contributed by atoms with Crippen LogP contribution in [0.2, 0.25) is 0 Å². The lowest BCUT2D eigenvalue weighted by atomic mass is 10.2. The maximum Gasteiger partial charge on any atom is 0.301 e. The molecule has 0 spiro atoms. The molecule has 9 heteroatoms. The molecule has 2 aromatic rings. The van der Waals surface area contributed by atoms with Gasteiger partial charge in [-0.25, -0.2) is 5.84 Å². The Hall–Kier alpha value is -2.94. The Kier molecular flexibility index (Phi) is 3.85. The van der Waals surface area contributed by atoms with Crippen LogP contribution in [0, 0.1) is 17.0 Å². The summed E-state index contributed by atoms with van der Waals surface area (Å²) >= 11 is 0. The fourth-order valence-electron chi connectivity index (χ4n) is 1.88. The second kappa shape index (κ2) is 5.59. The molecule has 0 saturated heterocycles. The topological polar surface area (TPSA) is 133 Å². The second-order valence-electron chi connectivity index (χ2n) is 4.31. The summed E-state index contributed by atoms with van der Waals surface area (Å²) in [5.74, 6) is 4.32. The number of hydrazine groups is 1. The zero-order valence-corrected chi connectivity index (χ0v) is 11.0. The van der Waals surface area contributed by atoms with E-state index >= 15 is 0 Å². The number of aromatic nitrogens is 1. The van der Waals surface area contributed by atoms with Crippen LogP contribution >= 0.6 is 0 Å². The van der Waals surface area contributed by atoms with Gasteiger partial charge in [-0.2, -0.15) is 0 Å². The highest BCUT2D eigenvalue weighted by molar-refractivity contribution is 5.92. The van der Waals surface area contributed by atoms with Crippen LogP contribution in [-0.2, 0) is 6.54 Å². The van der Waals surface area contributed by atoms with Crippen LogP contribution in [0.5, 0.6) is 0 Å². The largest absolute Gasteiger partial charge is 0.459 e. The number of aryl methyl sites for hydroxylation is 1. The van der Waals surface area contributed by atoms with Crippen LogP contribution in [0.25, 0.3) is 0 Å². The first-order valence-corrected chi connectivity index (χ1v) is 5.87. The Labute approximate surface area is 118 Å². The van der Waals surface area contributed by atoms with Gasteiger partial charge in [-0.15, -0.1) is 0 Å². The lowest BCUT2D eigenvalue weighted by Crippen LogP contribution is -2.31. The zero-order chi connectivity index (χ0) is 15.6. The Morgan fingerprint density at radius 2 is 2.29 bits per heavy atom. The van der Waals surface area contributed by atoms with Crippen LogP contribution in [-0.4, -0.2) is 15.4 Å². The summed E-state index contributed by atoms with van der Waals surface area (Å²) in [5.41, 5.74) is 1.98. The van der Waals surface area contributed by atoms with E-state index in [1.807, 2.05) is 5.43 Å². The van der Waals surface area contributed by atoms with Crippen molar-refractivity contribution in [1.29, 1.82) is 0 Å². The maximum absolute atomic E-state index is 11.9. The number of nitro groups is 1. The maximum atomic E-state index is 11.9. The summed E-state index contributed by atoms with van der Waals surface area (Å²) < 4.78 is 6.12. The molecule has 110 valence electrons. The van der Waals surface area contributed by atoms with Crippen LogP contribution in [0.15, 0.2) is 33.8 Å². The van der Waals surface area contributed by atoms with Gasteiger partial charge in [0.15, 0.2) is 5.76 Å². The molecule has 0 aliphatic heterocycles. The van der Waals surface area contributed by atoms with Crippen LogP contribution < -0.4 is 16.8 Å². The van der Waals surface area contributed by atoms with E-state index in [0.717, 1.165) is 10.8 Å². The molecule has 0 aliphatic rings. The third-order valence-electron chi connectivity index (χ3n) is 2.93. The summed E-state index contributed by atoms with van der Waals surface area (Å²) in [5, 5.41) is 10.9. The summed E-state index contributed by atoms with van der Waals surface area (Å²) in [6.45, 7) is 1.44. The number of hydrogen-bond donors (Lipinski definition) is 2. The van der Waals surface area contributed by atoms with Crippen LogP contribution in [0.3, 0.4) is 0 Å². The van der Waals surface area contributed by atoms with Gasteiger partial charge < -0.3 is 8.98 Å². The van der Waals surface area contributed by atoms with Crippen molar-refractivity contribution in [2.45, 2.75) is 13.5 Å². The summed E-state index contributed by atoms with van der Waals surface area (Å²) in [6, 6.07) is 2.66. The number of amides is 1. The molecule has 0 atom stereocenters. The van der Waals surface area contributed by atoms with Gasteiger partial charge in [-0.3, -0.25) is 25.1 Å². The average Bonchev–Trinajstić information content (AvgIpc) is 2.88. The molecule has 21 heavy (non-hydrogen) atoms. The van der Waals surface area contributed by atoms with E-state index in [0.29, 0.717) is 5.56 Å². The molecule has 0 aliphatic carbocycles. The minimum absolute atomic E-state index is 0.0425. The Bertz CT molecular complexity index is 761. The third kappa shape index (κ3) is 2.82. The fourth-order valence-corrected chi connectivity index (χ4v) is 1.88. The number of nitrogen functional groups attached to an aromatic ring is 1. The van der Waals surface area contributed by atoms with Crippen molar-refractivity contribution in [2.75, 3.05) is 0 Å². The predicted octanol–water partition coefficient (Wildman–Crippen LogP) is 0.310. The minimum atomic E-state index is -0.648. The molecule has 0 saturated carbocycles. The van der Waals surface area contributed by atoms with Crippen molar-refractivity contribution in [1.82, 2.24) is 9.99 Å². The fraction of sp³-hybridized carbons (Fsp3) is 0.167.